The molecule has 0 aliphatic carbocycles. The smallest absolute Gasteiger partial charge is 0.339 e. The molecule has 1 aromatic carbocycles. The van der Waals surface area contributed by atoms with E-state index in [0.29, 0.717) is 11.6 Å². The van der Waals surface area contributed by atoms with Crippen molar-refractivity contribution in [3.63, 3.8) is 0 Å². The zero-order valence-corrected chi connectivity index (χ0v) is 11.5. The van der Waals surface area contributed by atoms with Crippen molar-refractivity contribution in [1.29, 1.82) is 0 Å². The normalized spacial score (nSPS) is 10.2. The molecular weight excluding hydrogens is 258 g/mol. The third-order valence-electron chi connectivity index (χ3n) is 2.89. The highest BCUT2D eigenvalue weighted by molar-refractivity contribution is 5.88. The highest BCUT2D eigenvalue weighted by Crippen LogP contribution is 2.23. The molecule has 0 bridgehead atoms. The molecule has 0 unspecified atom stereocenters. The molecule has 104 valence electrons. The van der Waals surface area contributed by atoms with Crippen molar-refractivity contribution in [2.75, 3.05) is 12.4 Å². The van der Waals surface area contributed by atoms with Crippen LogP contribution in [0.5, 0.6) is 5.75 Å². The summed E-state index contributed by atoms with van der Waals surface area (Å²) in [5.41, 5.74) is 2.34. The Morgan fingerprint density at radius 2 is 2.10 bits per heavy atom. The van der Waals surface area contributed by atoms with E-state index >= 15 is 0 Å². The van der Waals surface area contributed by atoms with Gasteiger partial charge in [0.25, 0.3) is 0 Å². The van der Waals surface area contributed by atoms with E-state index in [-0.39, 0.29) is 5.56 Å². The number of aromatic carboxylic acids is 1. The van der Waals surface area contributed by atoms with Gasteiger partial charge in [-0.15, -0.1) is 0 Å². The molecule has 2 aromatic rings. The molecule has 6 heteroatoms. The summed E-state index contributed by atoms with van der Waals surface area (Å²) in [5.74, 6) is 0.0989. The topological polar surface area (TPSA) is 84.3 Å². The highest BCUT2D eigenvalue weighted by atomic mass is 16.5. The molecule has 1 aromatic heterocycles. The maximum atomic E-state index is 10.9. The molecule has 0 radical (unpaired) electrons. The van der Waals surface area contributed by atoms with Crippen LogP contribution in [0.3, 0.4) is 0 Å². The van der Waals surface area contributed by atoms with Crippen molar-refractivity contribution in [2.45, 2.75) is 13.8 Å². The van der Waals surface area contributed by atoms with Gasteiger partial charge in [0.05, 0.1) is 18.4 Å². The predicted octanol–water partition coefficient (Wildman–Crippen LogP) is 2.54. The predicted molar refractivity (Wildman–Crippen MR) is 74.7 cm³/mol. The summed E-state index contributed by atoms with van der Waals surface area (Å²) < 4.78 is 5.14. The second-order valence-electron chi connectivity index (χ2n) is 4.30. The summed E-state index contributed by atoms with van der Waals surface area (Å²) in [4.78, 5) is 19.0. The van der Waals surface area contributed by atoms with E-state index in [1.165, 1.54) is 6.20 Å². The maximum absolute atomic E-state index is 10.9. The summed E-state index contributed by atoms with van der Waals surface area (Å²) in [6.07, 6.45) is 1.30. The summed E-state index contributed by atoms with van der Waals surface area (Å²) >= 11 is 0. The van der Waals surface area contributed by atoms with Gasteiger partial charge in [0.1, 0.15) is 5.75 Å². The molecule has 2 rings (SSSR count). The molecule has 0 atom stereocenters. The first-order valence-corrected chi connectivity index (χ1v) is 6.00. The van der Waals surface area contributed by atoms with Crippen LogP contribution in [-0.2, 0) is 0 Å². The van der Waals surface area contributed by atoms with Gasteiger partial charge in [-0.25, -0.2) is 14.8 Å². The number of carboxylic acid groups (broad SMARTS) is 1. The van der Waals surface area contributed by atoms with Crippen molar-refractivity contribution in [3.8, 4) is 5.75 Å². The van der Waals surface area contributed by atoms with Gasteiger partial charge in [-0.05, 0) is 37.6 Å². The number of ether oxygens (including phenoxy) is 1. The van der Waals surface area contributed by atoms with Crippen LogP contribution in [-0.4, -0.2) is 28.2 Å². The molecule has 0 amide bonds. The second-order valence-corrected chi connectivity index (χ2v) is 4.30. The van der Waals surface area contributed by atoms with Gasteiger partial charge in [-0.3, -0.25) is 0 Å². The fourth-order valence-electron chi connectivity index (χ4n) is 1.76. The van der Waals surface area contributed by atoms with Gasteiger partial charge >= 0.3 is 5.97 Å². The third kappa shape index (κ3) is 2.85. The Hall–Kier alpha value is -2.63. The molecule has 20 heavy (non-hydrogen) atoms. The third-order valence-corrected chi connectivity index (χ3v) is 2.89. The second kappa shape index (κ2) is 5.56. The Bertz CT molecular complexity index is 656. The van der Waals surface area contributed by atoms with Crippen LogP contribution in [0.15, 0.2) is 24.4 Å². The lowest BCUT2D eigenvalue weighted by molar-refractivity contribution is 0.0695. The first-order chi connectivity index (χ1) is 9.51. The van der Waals surface area contributed by atoms with Crippen molar-refractivity contribution >= 4 is 17.6 Å². The molecule has 0 spiro atoms. The number of nitrogens with zero attached hydrogens (tertiary/aromatic N) is 2. The summed E-state index contributed by atoms with van der Waals surface area (Å²) in [7, 11) is 1.61. The monoisotopic (exact) mass is 273 g/mol. The number of aryl methyl sites for hydroxylation is 2. The van der Waals surface area contributed by atoms with E-state index in [2.05, 4.69) is 15.3 Å². The molecule has 2 N–H and O–H groups in total. The van der Waals surface area contributed by atoms with Crippen LogP contribution in [0.4, 0.5) is 11.6 Å². The molecule has 0 fully saturated rings. The number of carboxylic acids is 1. The van der Waals surface area contributed by atoms with Crippen LogP contribution < -0.4 is 10.1 Å². The Balaban J connectivity index is 2.26. The molecular formula is C14H15N3O3. The first kappa shape index (κ1) is 13.8. The number of carbonyl (C=O) groups is 1. The average molecular weight is 273 g/mol. The zero-order chi connectivity index (χ0) is 14.7. The molecule has 0 saturated carbocycles. The number of rotatable bonds is 4. The van der Waals surface area contributed by atoms with Gasteiger partial charge in [0.15, 0.2) is 0 Å². The number of hydrogen-bond acceptors (Lipinski definition) is 5. The minimum Gasteiger partial charge on any atom is -0.497 e. The summed E-state index contributed by atoms with van der Waals surface area (Å²) in [6, 6.07) is 5.58. The van der Waals surface area contributed by atoms with E-state index in [4.69, 9.17) is 9.84 Å². The Morgan fingerprint density at radius 3 is 2.65 bits per heavy atom. The average Bonchev–Trinajstić information content (AvgIpc) is 2.40. The SMILES string of the molecule is COc1ccc(Nc2ncc(C(=O)O)c(C)n2)c(C)c1. The van der Waals surface area contributed by atoms with Crippen molar-refractivity contribution < 1.29 is 14.6 Å². The Labute approximate surface area is 116 Å². The number of benzene rings is 1. The van der Waals surface area contributed by atoms with Crippen LogP contribution in [0, 0.1) is 13.8 Å². The Kier molecular flexibility index (Phi) is 3.84. The van der Waals surface area contributed by atoms with E-state index in [9.17, 15) is 4.79 Å². The van der Waals surface area contributed by atoms with Crippen LogP contribution in [0.25, 0.3) is 0 Å². The lowest BCUT2D eigenvalue weighted by Gasteiger charge is -2.10. The quantitative estimate of drug-likeness (QED) is 0.890. The van der Waals surface area contributed by atoms with Gasteiger partial charge in [-0.2, -0.15) is 0 Å². The largest absolute Gasteiger partial charge is 0.497 e. The van der Waals surface area contributed by atoms with E-state index in [0.717, 1.165) is 17.0 Å². The van der Waals surface area contributed by atoms with Gasteiger partial charge in [0.2, 0.25) is 5.95 Å². The molecule has 1 heterocycles. The van der Waals surface area contributed by atoms with Crippen LogP contribution >= 0.6 is 0 Å². The van der Waals surface area contributed by atoms with Crippen LogP contribution in [0.1, 0.15) is 21.6 Å². The number of hydrogen-bond donors (Lipinski definition) is 2. The molecule has 0 aliphatic rings. The summed E-state index contributed by atoms with van der Waals surface area (Å²) in [6.45, 7) is 3.57. The van der Waals surface area contributed by atoms with Gasteiger partial charge in [0, 0.05) is 11.9 Å². The number of nitrogens with one attached hydrogen (secondary N) is 1. The number of aromatic nitrogens is 2. The minimum absolute atomic E-state index is 0.0991. The van der Waals surface area contributed by atoms with Gasteiger partial charge < -0.3 is 15.2 Å². The highest BCUT2D eigenvalue weighted by Gasteiger charge is 2.10. The minimum atomic E-state index is -1.03. The first-order valence-electron chi connectivity index (χ1n) is 6.00. The number of methoxy groups -OCH3 is 1. The zero-order valence-electron chi connectivity index (χ0n) is 11.5. The lowest BCUT2D eigenvalue weighted by atomic mass is 10.2. The summed E-state index contributed by atoms with van der Waals surface area (Å²) in [5, 5.41) is 12.0. The van der Waals surface area contributed by atoms with E-state index in [1.807, 2.05) is 25.1 Å². The Morgan fingerprint density at radius 1 is 1.35 bits per heavy atom. The van der Waals surface area contributed by atoms with E-state index < -0.39 is 5.97 Å². The van der Waals surface area contributed by atoms with E-state index in [1.54, 1.807) is 14.0 Å². The fraction of sp³-hybridized carbons (Fsp3) is 0.214. The van der Waals surface area contributed by atoms with Crippen molar-refractivity contribution in [1.82, 2.24) is 9.97 Å². The maximum Gasteiger partial charge on any atom is 0.339 e. The number of anilines is 2. The van der Waals surface area contributed by atoms with Crippen molar-refractivity contribution in [3.05, 3.63) is 41.2 Å². The standard InChI is InChI=1S/C14H15N3O3/c1-8-6-10(20-3)4-5-12(8)17-14-15-7-11(13(18)19)9(2)16-14/h4-7H,1-3H3,(H,18,19)(H,15,16,17). The molecule has 0 saturated heterocycles. The van der Waals surface area contributed by atoms with Crippen LogP contribution in [0.2, 0.25) is 0 Å². The van der Waals surface area contributed by atoms with Crippen molar-refractivity contribution in [2.24, 2.45) is 0 Å². The molecule has 6 nitrogen and oxygen atoms in total. The lowest BCUT2D eigenvalue weighted by Crippen LogP contribution is -2.06. The molecule has 0 aliphatic heterocycles. The fourth-order valence-corrected chi connectivity index (χ4v) is 1.76. The van der Waals surface area contributed by atoms with Gasteiger partial charge in [-0.1, -0.05) is 0 Å².